The lowest BCUT2D eigenvalue weighted by Gasteiger charge is -2.51. The van der Waals surface area contributed by atoms with Crippen LogP contribution in [0.15, 0.2) is 0 Å². The number of primary amides is 1. The van der Waals surface area contributed by atoms with E-state index in [0.29, 0.717) is 19.3 Å². The van der Waals surface area contributed by atoms with Crippen LogP contribution in [0.2, 0.25) is 0 Å². The summed E-state index contributed by atoms with van der Waals surface area (Å²) in [7, 11) is 0. The van der Waals surface area contributed by atoms with Gasteiger partial charge in [0.2, 0.25) is 5.91 Å². The SMILES string of the molecule is CC1CCC2(CC([C@H](C(N)=O)[C@@H](C)O)C2=O)N1C(=O)OC(C)(C)C. The molecule has 1 saturated carbocycles. The Morgan fingerprint density at radius 1 is 1.42 bits per heavy atom. The third kappa shape index (κ3) is 3.01. The van der Waals surface area contributed by atoms with Gasteiger partial charge in [0.25, 0.3) is 0 Å². The number of carbonyl (C=O) groups is 3. The van der Waals surface area contributed by atoms with E-state index in [4.69, 9.17) is 10.5 Å². The molecule has 1 aliphatic heterocycles. The highest BCUT2D eigenvalue weighted by Gasteiger charge is 2.65. The largest absolute Gasteiger partial charge is 0.444 e. The second-order valence-corrected chi connectivity index (χ2v) is 8.11. The Morgan fingerprint density at radius 3 is 2.42 bits per heavy atom. The average molecular weight is 340 g/mol. The molecule has 0 aromatic heterocycles. The fourth-order valence-electron chi connectivity index (χ4n) is 4.06. The van der Waals surface area contributed by atoms with Gasteiger partial charge in [-0.2, -0.15) is 0 Å². The zero-order chi connectivity index (χ0) is 18.4. The van der Waals surface area contributed by atoms with Crippen molar-refractivity contribution in [2.45, 2.75) is 77.2 Å². The second-order valence-electron chi connectivity index (χ2n) is 8.11. The summed E-state index contributed by atoms with van der Waals surface area (Å²) in [6.07, 6.45) is 0.0878. The zero-order valence-electron chi connectivity index (χ0n) is 15.0. The van der Waals surface area contributed by atoms with Crippen LogP contribution in [0.1, 0.15) is 53.9 Å². The van der Waals surface area contributed by atoms with E-state index in [9.17, 15) is 19.5 Å². The van der Waals surface area contributed by atoms with Crippen LogP contribution in [0.25, 0.3) is 0 Å². The number of Topliss-reactive ketones (excluding diaryl/α,β-unsaturated/α-hetero) is 1. The third-order valence-corrected chi connectivity index (χ3v) is 5.10. The van der Waals surface area contributed by atoms with Crippen molar-refractivity contribution < 1.29 is 24.2 Å². The van der Waals surface area contributed by atoms with Crippen LogP contribution in [0.3, 0.4) is 0 Å². The summed E-state index contributed by atoms with van der Waals surface area (Å²) in [6.45, 7) is 8.68. The molecule has 3 unspecified atom stereocenters. The van der Waals surface area contributed by atoms with Gasteiger partial charge < -0.3 is 15.6 Å². The monoisotopic (exact) mass is 340 g/mol. The Balaban J connectivity index is 2.23. The Morgan fingerprint density at radius 2 is 2.00 bits per heavy atom. The van der Waals surface area contributed by atoms with Crippen molar-refractivity contribution in [1.82, 2.24) is 4.90 Å². The van der Waals surface area contributed by atoms with Gasteiger partial charge in [-0.15, -0.1) is 0 Å². The summed E-state index contributed by atoms with van der Waals surface area (Å²) < 4.78 is 5.46. The number of nitrogens with two attached hydrogens (primary N) is 1. The minimum Gasteiger partial charge on any atom is -0.444 e. The lowest BCUT2D eigenvalue weighted by Crippen LogP contribution is -2.68. The van der Waals surface area contributed by atoms with Crippen molar-refractivity contribution in [3.8, 4) is 0 Å². The molecule has 136 valence electrons. The van der Waals surface area contributed by atoms with E-state index < -0.39 is 41.1 Å². The van der Waals surface area contributed by atoms with Gasteiger partial charge in [-0.25, -0.2) is 4.79 Å². The molecule has 0 radical (unpaired) electrons. The molecule has 0 aromatic rings. The summed E-state index contributed by atoms with van der Waals surface area (Å²) in [5.74, 6) is -2.44. The van der Waals surface area contributed by atoms with Gasteiger partial charge in [0, 0.05) is 12.0 Å². The molecule has 2 fully saturated rings. The van der Waals surface area contributed by atoms with E-state index in [0.717, 1.165) is 0 Å². The predicted octanol–water partition coefficient (Wildman–Crippen LogP) is 1.22. The number of aliphatic hydroxyl groups excluding tert-OH is 1. The van der Waals surface area contributed by atoms with Crippen LogP contribution in [0, 0.1) is 11.8 Å². The quantitative estimate of drug-likeness (QED) is 0.802. The van der Waals surface area contributed by atoms with Crippen LogP contribution in [0.5, 0.6) is 0 Å². The molecule has 5 atom stereocenters. The molecule has 3 N–H and O–H groups in total. The van der Waals surface area contributed by atoms with Crippen molar-refractivity contribution in [2.24, 2.45) is 17.6 Å². The summed E-state index contributed by atoms with van der Waals surface area (Å²) in [5, 5.41) is 9.79. The molecule has 2 aliphatic rings. The summed E-state index contributed by atoms with van der Waals surface area (Å²) in [4.78, 5) is 38.6. The van der Waals surface area contributed by atoms with E-state index in [2.05, 4.69) is 0 Å². The number of carbonyl (C=O) groups excluding carboxylic acids is 3. The van der Waals surface area contributed by atoms with Gasteiger partial charge in [-0.05, 0) is 53.9 Å². The number of hydrogen-bond acceptors (Lipinski definition) is 5. The van der Waals surface area contributed by atoms with Crippen LogP contribution >= 0.6 is 0 Å². The zero-order valence-corrected chi connectivity index (χ0v) is 15.0. The maximum absolute atomic E-state index is 12.9. The van der Waals surface area contributed by atoms with Crippen molar-refractivity contribution >= 4 is 17.8 Å². The van der Waals surface area contributed by atoms with E-state index in [1.54, 1.807) is 20.8 Å². The van der Waals surface area contributed by atoms with E-state index in [1.807, 2.05) is 6.92 Å². The minimum absolute atomic E-state index is 0.108. The Bertz CT molecular complexity index is 554. The van der Waals surface area contributed by atoms with E-state index in [-0.39, 0.29) is 11.8 Å². The smallest absolute Gasteiger partial charge is 0.411 e. The molecule has 1 saturated heterocycles. The normalized spacial score (nSPS) is 32.4. The molecule has 24 heavy (non-hydrogen) atoms. The second kappa shape index (κ2) is 6.02. The molecule has 2 amide bonds. The fourth-order valence-corrected chi connectivity index (χ4v) is 4.06. The van der Waals surface area contributed by atoms with Gasteiger partial charge in [0.1, 0.15) is 11.1 Å². The van der Waals surface area contributed by atoms with Crippen molar-refractivity contribution in [2.75, 3.05) is 0 Å². The van der Waals surface area contributed by atoms with E-state index in [1.165, 1.54) is 11.8 Å². The highest BCUT2D eigenvalue weighted by molar-refractivity contribution is 6.02. The Kier molecular flexibility index (Phi) is 4.69. The van der Waals surface area contributed by atoms with Gasteiger partial charge in [-0.3, -0.25) is 14.5 Å². The number of ketones is 1. The van der Waals surface area contributed by atoms with Crippen molar-refractivity contribution in [3.63, 3.8) is 0 Å². The fraction of sp³-hybridized carbons (Fsp3) is 0.824. The molecule has 0 aromatic carbocycles. The first kappa shape index (κ1) is 18.7. The van der Waals surface area contributed by atoms with Crippen molar-refractivity contribution in [1.29, 1.82) is 0 Å². The Hall–Kier alpha value is -1.63. The lowest BCUT2D eigenvalue weighted by atomic mass is 9.60. The van der Waals surface area contributed by atoms with Crippen LogP contribution in [0.4, 0.5) is 4.79 Å². The first-order valence-corrected chi connectivity index (χ1v) is 8.45. The van der Waals surface area contributed by atoms with Crippen LogP contribution in [-0.2, 0) is 14.3 Å². The van der Waals surface area contributed by atoms with Gasteiger partial charge >= 0.3 is 6.09 Å². The molecular weight excluding hydrogens is 312 g/mol. The first-order valence-electron chi connectivity index (χ1n) is 8.45. The van der Waals surface area contributed by atoms with Gasteiger partial charge in [-0.1, -0.05) is 0 Å². The number of hydrogen-bond donors (Lipinski definition) is 2. The standard InChI is InChI=1S/C17H28N2O5/c1-9-6-7-17(19(9)15(23)24-16(3,4)5)8-11(13(17)21)12(10(2)20)14(18)22/h9-12,20H,6-8H2,1-5H3,(H2,18,22)/t9?,10-,11?,12-,17?/m1/s1. The van der Waals surface area contributed by atoms with Gasteiger partial charge in [0.05, 0.1) is 12.0 Å². The number of ether oxygens (including phenoxy) is 1. The third-order valence-electron chi connectivity index (χ3n) is 5.10. The summed E-state index contributed by atoms with van der Waals surface area (Å²) in [6, 6.07) is -0.108. The topological polar surface area (TPSA) is 110 Å². The number of amides is 2. The predicted molar refractivity (Wildman–Crippen MR) is 87.0 cm³/mol. The number of aliphatic hydroxyl groups is 1. The van der Waals surface area contributed by atoms with Gasteiger partial charge in [0.15, 0.2) is 5.78 Å². The first-order chi connectivity index (χ1) is 10.9. The summed E-state index contributed by atoms with van der Waals surface area (Å²) >= 11 is 0. The Labute approximate surface area is 142 Å². The number of nitrogens with zero attached hydrogens (tertiary/aromatic N) is 1. The molecule has 0 bridgehead atoms. The minimum atomic E-state index is -0.998. The number of rotatable bonds is 3. The molecule has 7 nitrogen and oxygen atoms in total. The highest BCUT2D eigenvalue weighted by Crippen LogP contribution is 2.51. The van der Waals surface area contributed by atoms with Crippen LogP contribution in [-0.4, -0.2) is 51.1 Å². The van der Waals surface area contributed by atoms with Crippen molar-refractivity contribution in [3.05, 3.63) is 0 Å². The lowest BCUT2D eigenvalue weighted by molar-refractivity contribution is -0.158. The average Bonchev–Trinajstić information content (AvgIpc) is 2.75. The molecule has 1 heterocycles. The maximum atomic E-state index is 12.9. The highest BCUT2D eigenvalue weighted by atomic mass is 16.6. The molecule has 2 rings (SSSR count). The number of likely N-dealkylation sites (tertiary alicyclic amines) is 1. The van der Waals surface area contributed by atoms with E-state index >= 15 is 0 Å². The molecule has 7 heteroatoms. The van der Waals surface area contributed by atoms with Crippen LogP contribution < -0.4 is 5.73 Å². The molecule has 1 aliphatic carbocycles. The maximum Gasteiger partial charge on any atom is 0.411 e. The molecule has 1 spiro atoms. The summed E-state index contributed by atoms with van der Waals surface area (Å²) in [5.41, 5.74) is 3.77. The molecular formula is C17H28N2O5.